The maximum Gasteiger partial charge on any atom is 0.338 e. The molecule has 28 heavy (non-hydrogen) atoms. The van der Waals surface area contributed by atoms with Crippen LogP contribution in [0.1, 0.15) is 53.7 Å². The van der Waals surface area contributed by atoms with Crippen molar-refractivity contribution in [2.75, 3.05) is 11.9 Å². The first-order valence-electron chi connectivity index (χ1n) is 9.85. The highest BCUT2D eigenvalue weighted by Gasteiger charge is 2.20. The van der Waals surface area contributed by atoms with Gasteiger partial charge in [-0.15, -0.1) is 0 Å². The molecule has 1 amide bonds. The van der Waals surface area contributed by atoms with Gasteiger partial charge in [-0.05, 0) is 87.4 Å². The van der Waals surface area contributed by atoms with Crippen molar-refractivity contribution in [3.05, 3.63) is 58.7 Å². The van der Waals surface area contributed by atoms with E-state index in [9.17, 15) is 9.59 Å². The number of hydrogen-bond donors (Lipinski definition) is 1. The molecule has 3 rings (SSSR count). The summed E-state index contributed by atoms with van der Waals surface area (Å²) in [6.45, 7) is 5.69. The van der Waals surface area contributed by atoms with Crippen LogP contribution in [0.4, 0.5) is 5.69 Å². The van der Waals surface area contributed by atoms with Gasteiger partial charge in [0.15, 0.2) is 6.10 Å². The standard InChI is InChI=1S/C23H27NO4/c1-4-27-23(26)18-12-13-20(15(2)14-18)24-22(25)16(3)28-21-11-7-9-17-8-5-6-10-19(17)21/h7,9,11-14,16H,4-6,8,10H2,1-3H3,(H,24,25)/t16-/m1/s1. The van der Waals surface area contributed by atoms with Gasteiger partial charge in [0.1, 0.15) is 5.75 Å². The molecule has 0 unspecified atom stereocenters. The van der Waals surface area contributed by atoms with Crippen molar-refractivity contribution in [3.8, 4) is 5.75 Å². The maximum absolute atomic E-state index is 12.6. The molecule has 0 spiro atoms. The summed E-state index contributed by atoms with van der Waals surface area (Å²) in [5.41, 5.74) is 4.47. The zero-order valence-corrected chi connectivity index (χ0v) is 16.7. The van der Waals surface area contributed by atoms with Gasteiger partial charge in [-0.25, -0.2) is 4.79 Å². The Morgan fingerprint density at radius 1 is 1.14 bits per heavy atom. The number of anilines is 1. The smallest absolute Gasteiger partial charge is 0.338 e. The van der Waals surface area contributed by atoms with Crippen molar-refractivity contribution in [2.45, 2.75) is 52.6 Å². The third-order valence-corrected chi connectivity index (χ3v) is 5.02. The molecular formula is C23H27NO4. The molecule has 0 fully saturated rings. The molecule has 0 bridgehead atoms. The van der Waals surface area contributed by atoms with E-state index in [1.165, 1.54) is 17.5 Å². The Kier molecular flexibility index (Phi) is 6.34. The Bertz CT molecular complexity index is 875. The van der Waals surface area contributed by atoms with Crippen LogP contribution >= 0.6 is 0 Å². The molecule has 0 radical (unpaired) electrons. The summed E-state index contributed by atoms with van der Waals surface area (Å²) in [5.74, 6) is 0.212. The highest BCUT2D eigenvalue weighted by molar-refractivity contribution is 5.96. The van der Waals surface area contributed by atoms with E-state index in [1.54, 1.807) is 32.0 Å². The summed E-state index contributed by atoms with van der Waals surface area (Å²) >= 11 is 0. The van der Waals surface area contributed by atoms with Crippen molar-refractivity contribution in [2.24, 2.45) is 0 Å². The number of amides is 1. The summed E-state index contributed by atoms with van der Waals surface area (Å²) in [7, 11) is 0. The summed E-state index contributed by atoms with van der Waals surface area (Å²) in [6, 6.07) is 11.2. The fraction of sp³-hybridized carbons (Fsp3) is 0.391. The minimum Gasteiger partial charge on any atom is -0.481 e. The van der Waals surface area contributed by atoms with Crippen LogP contribution in [-0.4, -0.2) is 24.6 Å². The van der Waals surface area contributed by atoms with Gasteiger partial charge in [0.2, 0.25) is 0 Å². The van der Waals surface area contributed by atoms with Crippen molar-refractivity contribution in [1.82, 2.24) is 0 Å². The third kappa shape index (κ3) is 4.53. The van der Waals surface area contributed by atoms with E-state index in [2.05, 4.69) is 11.4 Å². The highest BCUT2D eigenvalue weighted by atomic mass is 16.5. The predicted octanol–water partition coefficient (Wildman–Crippen LogP) is 4.46. The number of rotatable bonds is 6. The Hall–Kier alpha value is -2.82. The summed E-state index contributed by atoms with van der Waals surface area (Å²) < 4.78 is 11.0. The first-order chi connectivity index (χ1) is 13.5. The summed E-state index contributed by atoms with van der Waals surface area (Å²) in [6.07, 6.45) is 3.79. The van der Waals surface area contributed by atoms with E-state index in [4.69, 9.17) is 9.47 Å². The van der Waals surface area contributed by atoms with Crippen LogP contribution in [0.25, 0.3) is 0 Å². The molecule has 148 valence electrons. The number of nitrogens with one attached hydrogen (secondary N) is 1. The van der Waals surface area contributed by atoms with Gasteiger partial charge in [-0.2, -0.15) is 0 Å². The van der Waals surface area contributed by atoms with E-state index in [1.807, 2.05) is 19.1 Å². The molecule has 0 heterocycles. The van der Waals surface area contributed by atoms with Crippen LogP contribution in [0.2, 0.25) is 0 Å². The van der Waals surface area contributed by atoms with Crippen LogP contribution in [0, 0.1) is 6.92 Å². The SMILES string of the molecule is CCOC(=O)c1ccc(NC(=O)[C@@H](C)Oc2cccc3c2CCCC3)c(C)c1. The van der Waals surface area contributed by atoms with E-state index in [0.717, 1.165) is 30.6 Å². The van der Waals surface area contributed by atoms with E-state index >= 15 is 0 Å². The van der Waals surface area contributed by atoms with Crippen LogP contribution in [0.15, 0.2) is 36.4 Å². The lowest BCUT2D eigenvalue weighted by atomic mass is 9.91. The van der Waals surface area contributed by atoms with Gasteiger partial charge >= 0.3 is 5.97 Å². The molecule has 1 aliphatic rings. The molecule has 0 aromatic heterocycles. The van der Waals surface area contributed by atoms with Gasteiger partial charge in [-0.1, -0.05) is 12.1 Å². The molecule has 5 heteroatoms. The second-order valence-electron chi connectivity index (χ2n) is 7.10. The van der Waals surface area contributed by atoms with Gasteiger partial charge in [-0.3, -0.25) is 4.79 Å². The Morgan fingerprint density at radius 2 is 1.93 bits per heavy atom. The topological polar surface area (TPSA) is 64.6 Å². The lowest BCUT2D eigenvalue weighted by molar-refractivity contribution is -0.122. The number of carbonyl (C=O) groups is 2. The monoisotopic (exact) mass is 381 g/mol. The van der Waals surface area contributed by atoms with Crippen molar-refractivity contribution >= 4 is 17.6 Å². The minimum absolute atomic E-state index is 0.222. The maximum atomic E-state index is 12.6. The second kappa shape index (κ2) is 8.91. The first kappa shape index (κ1) is 19.9. The van der Waals surface area contributed by atoms with Crippen molar-refractivity contribution < 1.29 is 19.1 Å². The van der Waals surface area contributed by atoms with Gasteiger partial charge in [0, 0.05) is 5.69 Å². The fourth-order valence-electron chi connectivity index (χ4n) is 3.48. The summed E-state index contributed by atoms with van der Waals surface area (Å²) in [4.78, 5) is 24.5. The molecule has 5 nitrogen and oxygen atoms in total. The molecule has 2 aromatic rings. The average Bonchev–Trinajstić information content (AvgIpc) is 2.69. The lowest BCUT2D eigenvalue weighted by Crippen LogP contribution is -2.31. The van der Waals surface area contributed by atoms with Crippen LogP contribution in [-0.2, 0) is 22.4 Å². The molecule has 0 saturated heterocycles. The number of carbonyl (C=O) groups excluding carboxylic acids is 2. The predicted molar refractivity (Wildman–Crippen MR) is 109 cm³/mol. The number of fused-ring (bicyclic) bond motifs is 1. The van der Waals surface area contributed by atoms with Crippen LogP contribution in [0.3, 0.4) is 0 Å². The van der Waals surface area contributed by atoms with Crippen LogP contribution < -0.4 is 10.1 Å². The van der Waals surface area contributed by atoms with Crippen molar-refractivity contribution in [1.29, 1.82) is 0 Å². The number of hydrogen-bond acceptors (Lipinski definition) is 4. The number of esters is 1. The summed E-state index contributed by atoms with van der Waals surface area (Å²) in [5, 5.41) is 2.89. The Balaban J connectivity index is 1.67. The minimum atomic E-state index is -0.627. The lowest BCUT2D eigenvalue weighted by Gasteiger charge is -2.22. The number of benzene rings is 2. The van der Waals surface area contributed by atoms with Crippen LogP contribution in [0.5, 0.6) is 5.75 Å². The molecule has 0 aliphatic heterocycles. The number of ether oxygens (including phenoxy) is 2. The molecule has 1 aliphatic carbocycles. The molecule has 1 atom stereocenters. The normalized spacial score (nSPS) is 14.0. The number of aryl methyl sites for hydroxylation is 2. The van der Waals surface area contributed by atoms with Crippen molar-refractivity contribution in [3.63, 3.8) is 0 Å². The molecule has 2 aromatic carbocycles. The zero-order valence-electron chi connectivity index (χ0n) is 16.7. The first-order valence-corrected chi connectivity index (χ1v) is 9.85. The van der Waals surface area contributed by atoms with Gasteiger partial charge in [0.25, 0.3) is 5.91 Å². The van der Waals surface area contributed by atoms with E-state index in [0.29, 0.717) is 17.9 Å². The van der Waals surface area contributed by atoms with Gasteiger partial charge < -0.3 is 14.8 Å². The zero-order chi connectivity index (χ0) is 20.1. The molecular weight excluding hydrogens is 354 g/mol. The molecule has 0 saturated carbocycles. The van der Waals surface area contributed by atoms with Gasteiger partial charge in [0.05, 0.1) is 12.2 Å². The highest BCUT2D eigenvalue weighted by Crippen LogP contribution is 2.30. The average molecular weight is 381 g/mol. The Morgan fingerprint density at radius 3 is 2.68 bits per heavy atom. The second-order valence-corrected chi connectivity index (χ2v) is 7.10. The fourth-order valence-corrected chi connectivity index (χ4v) is 3.48. The molecule has 1 N–H and O–H groups in total. The third-order valence-electron chi connectivity index (χ3n) is 5.02. The Labute approximate surface area is 166 Å². The van der Waals surface area contributed by atoms with E-state index < -0.39 is 6.10 Å². The largest absolute Gasteiger partial charge is 0.481 e. The van der Waals surface area contributed by atoms with E-state index in [-0.39, 0.29) is 11.9 Å². The quantitative estimate of drug-likeness (QED) is 0.751.